The highest BCUT2D eigenvalue weighted by Crippen LogP contribution is 2.10. The van der Waals surface area contributed by atoms with Crippen LogP contribution in [0.2, 0.25) is 0 Å². The zero-order valence-corrected chi connectivity index (χ0v) is 13.3. The van der Waals surface area contributed by atoms with Crippen molar-refractivity contribution in [1.29, 1.82) is 0 Å². The number of ether oxygens (including phenoxy) is 2. The lowest BCUT2D eigenvalue weighted by molar-refractivity contribution is -0.139. The number of benzene rings is 1. The molecule has 0 unspecified atom stereocenters. The van der Waals surface area contributed by atoms with Gasteiger partial charge in [0.15, 0.2) is 5.82 Å². The third-order valence-corrected chi connectivity index (χ3v) is 3.51. The fourth-order valence-electron chi connectivity index (χ4n) is 2.25. The minimum absolute atomic E-state index is 0.133. The first-order valence-corrected chi connectivity index (χ1v) is 7.30. The predicted octanol–water partition coefficient (Wildman–Crippen LogP) is 1.02. The first kappa shape index (κ1) is 15.7. The van der Waals surface area contributed by atoms with Crippen molar-refractivity contribution in [3.05, 3.63) is 57.8 Å². The van der Waals surface area contributed by atoms with Crippen molar-refractivity contribution >= 4 is 11.7 Å². The molecule has 124 valence electrons. The maximum absolute atomic E-state index is 12.5. The van der Waals surface area contributed by atoms with Crippen molar-refractivity contribution in [3.8, 4) is 5.75 Å². The van der Waals surface area contributed by atoms with Crippen molar-refractivity contribution in [2.45, 2.75) is 20.0 Å². The molecule has 8 nitrogen and oxygen atoms in total. The number of aromatic amines is 1. The van der Waals surface area contributed by atoms with Crippen molar-refractivity contribution in [3.63, 3.8) is 0 Å². The van der Waals surface area contributed by atoms with Crippen LogP contribution >= 0.6 is 0 Å². The summed E-state index contributed by atoms with van der Waals surface area (Å²) in [4.78, 5) is 32.4. The summed E-state index contributed by atoms with van der Waals surface area (Å²) in [7, 11) is 1.27. The molecule has 0 fully saturated rings. The van der Waals surface area contributed by atoms with E-state index in [0.717, 1.165) is 0 Å². The molecule has 0 atom stereocenters. The van der Waals surface area contributed by atoms with Crippen molar-refractivity contribution in [2.24, 2.45) is 0 Å². The van der Waals surface area contributed by atoms with Gasteiger partial charge in [-0.05, 0) is 19.1 Å². The molecule has 0 saturated carbocycles. The van der Waals surface area contributed by atoms with E-state index in [1.165, 1.54) is 11.6 Å². The predicted molar refractivity (Wildman–Crippen MR) is 84.8 cm³/mol. The Bertz CT molecular complexity index is 930. The summed E-state index contributed by atoms with van der Waals surface area (Å²) in [5.41, 5.74) is 0.354. The van der Waals surface area contributed by atoms with E-state index in [1.807, 2.05) is 30.3 Å². The molecule has 0 aliphatic heterocycles. The molecular weight excluding hydrogens is 312 g/mol. The highest BCUT2D eigenvalue weighted by molar-refractivity contribution is 5.72. The van der Waals surface area contributed by atoms with Gasteiger partial charge in [-0.2, -0.15) is 9.50 Å². The van der Waals surface area contributed by atoms with E-state index in [9.17, 15) is 9.59 Å². The van der Waals surface area contributed by atoms with E-state index < -0.39 is 5.97 Å². The van der Waals surface area contributed by atoms with Crippen LogP contribution in [0, 0.1) is 6.92 Å². The number of hydrogen-bond donors (Lipinski definition) is 1. The molecule has 0 aliphatic carbocycles. The fourth-order valence-corrected chi connectivity index (χ4v) is 2.25. The molecule has 8 heteroatoms. The monoisotopic (exact) mass is 328 g/mol. The number of rotatable bonds is 5. The van der Waals surface area contributed by atoms with Crippen LogP contribution in [0.4, 0.5) is 0 Å². The minimum atomic E-state index is -0.496. The van der Waals surface area contributed by atoms with Crippen molar-refractivity contribution < 1.29 is 14.3 Å². The van der Waals surface area contributed by atoms with Gasteiger partial charge in [0.2, 0.25) is 0 Å². The van der Waals surface area contributed by atoms with Crippen LogP contribution in [0.15, 0.2) is 35.1 Å². The largest absolute Gasteiger partial charge is 0.486 e. The number of carbonyl (C=O) groups is 1. The number of aromatic nitrogens is 4. The summed E-state index contributed by atoms with van der Waals surface area (Å²) in [5.74, 6) is 0.890. The second-order valence-corrected chi connectivity index (χ2v) is 5.14. The van der Waals surface area contributed by atoms with Gasteiger partial charge >= 0.3 is 5.97 Å². The lowest BCUT2D eigenvalue weighted by Gasteiger charge is -2.03. The number of carbonyl (C=O) groups excluding carboxylic acids is 1. The lowest BCUT2D eigenvalue weighted by Crippen LogP contribution is -2.24. The quantitative estimate of drug-likeness (QED) is 0.702. The summed E-state index contributed by atoms with van der Waals surface area (Å²) >= 11 is 0. The molecule has 24 heavy (non-hydrogen) atoms. The molecule has 1 N–H and O–H groups in total. The summed E-state index contributed by atoms with van der Waals surface area (Å²) < 4.78 is 11.4. The molecule has 0 bridgehead atoms. The van der Waals surface area contributed by atoms with Crippen LogP contribution in [0.3, 0.4) is 0 Å². The molecule has 0 amide bonds. The molecule has 1 aromatic carbocycles. The van der Waals surface area contributed by atoms with Gasteiger partial charge in [-0.3, -0.25) is 14.7 Å². The van der Waals surface area contributed by atoms with Crippen LogP contribution in [-0.2, 0) is 22.6 Å². The highest BCUT2D eigenvalue weighted by Gasteiger charge is 2.16. The van der Waals surface area contributed by atoms with Gasteiger partial charge < -0.3 is 9.47 Å². The number of aryl methyl sites for hydroxylation is 1. The summed E-state index contributed by atoms with van der Waals surface area (Å²) in [6.45, 7) is 1.83. The zero-order chi connectivity index (χ0) is 17.1. The maximum Gasteiger partial charge on any atom is 0.310 e. The number of H-pyrrole nitrogens is 1. The molecule has 0 aliphatic rings. The molecule has 0 saturated heterocycles. The Hall–Kier alpha value is -3.16. The third kappa shape index (κ3) is 3.12. The van der Waals surface area contributed by atoms with E-state index in [0.29, 0.717) is 17.3 Å². The van der Waals surface area contributed by atoms with E-state index in [1.54, 1.807) is 6.92 Å². The van der Waals surface area contributed by atoms with Gasteiger partial charge in [0.25, 0.3) is 11.3 Å². The number of fused-ring (bicyclic) bond motifs is 1. The Balaban J connectivity index is 1.89. The van der Waals surface area contributed by atoms with Crippen LogP contribution in [0.25, 0.3) is 5.78 Å². The van der Waals surface area contributed by atoms with Gasteiger partial charge in [-0.25, -0.2) is 4.98 Å². The van der Waals surface area contributed by atoms with Crippen LogP contribution in [0.5, 0.6) is 5.75 Å². The van der Waals surface area contributed by atoms with E-state index in [2.05, 4.69) is 19.8 Å². The average molecular weight is 328 g/mol. The molecule has 3 aromatic rings. The van der Waals surface area contributed by atoms with Crippen molar-refractivity contribution in [1.82, 2.24) is 19.6 Å². The fraction of sp³-hybridized carbons (Fsp3) is 0.250. The number of hydrogen-bond acceptors (Lipinski definition) is 6. The summed E-state index contributed by atoms with van der Waals surface area (Å²) in [6.07, 6.45) is -0.133. The smallest absolute Gasteiger partial charge is 0.310 e. The molecule has 3 rings (SSSR count). The van der Waals surface area contributed by atoms with E-state index in [-0.39, 0.29) is 29.9 Å². The van der Waals surface area contributed by atoms with Gasteiger partial charge in [0, 0.05) is 0 Å². The first-order valence-electron chi connectivity index (χ1n) is 7.30. The van der Waals surface area contributed by atoms with Gasteiger partial charge in [0.1, 0.15) is 12.4 Å². The number of para-hydroxylation sites is 1. The standard InChI is InChI=1S/C16H16N4O4/c1-10-12(8-14(21)23-2)15(22)20-16(17-10)18-13(19-20)9-24-11-6-4-3-5-7-11/h3-7H,8-9H2,1-2H3,(H,17,18,19). The van der Waals surface area contributed by atoms with Gasteiger partial charge in [0.05, 0.1) is 24.8 Å². The Kier molecular flexibility index (Phi) is 4.28. The number of methoxy groups -OCH3 is 1. The highest BCUT2D eigenvalue weighted by atomic mass is 16.5. The normalized spacial score (nSPS) is 10.8. The van der Waals surface area contributed by atoms with Gasteiger partial charge in [-0.1, -0.05) is 18.2 Å². The lowest BCUT2D eigenvalue weighted by atomic mass is 10.2. The third-order valence-electron chi connectivity index (χ3n) is 3.51. The van der Waals surface area contributed by atoms with Gasteiger partial charge in [-0.15, -0.1) is 0 Å². The average Bonchev–Trinajstić information content (AvgIpc) is 3.00. The summed E-state index contributed by atoms with van der Waals surface area (Å²) in [6, 6.07) is 9.27. The van der Waals surface area contributed by atoms with Crippen LogP contribution in [0.1, 0.15) is 17.1 Å². The van der Waals surface area contributed by atoms with E-state index in [4.69, 9.17) is 4.74 Å². The van der Waals surface area contributed by atoms with E-state index >= 15 is 0 Å². The SMILES string of the molecule is COC(=O)Cc1c(C)nc2nc(COc3ccccc3)[nH]n2c1=O. The molecule has 0 radical (unpaired) electrons. The Morgan fingerprint density at radius 1 is 1.25 bits per heavy atom. The summed E-state index contributed by atoms with van der Waals surface area (Å²) in [5, 5.41) is 2.85. The zero-order valence-electron chi connectivity index (χ0n) is 13.3. The minimum Gasteiger partial charge on any atom is -0.486 e. The number of nitrogens with zero attached hydrogens (tertiary/aromatic N) is 3. The Morgan fingerprint density at radius 2 is 2.00 bits per heavy atom. The number of nitrogens with one attached hydrogen (secondary N) is 1. The van der Waals surface area contributed by atoms with Crippen LogP contribution in [-0.4, -0.2) is 32.7 Å². The second-order valence-electron chi connectivity index (χ2n) is 5.14. The number of esters is 1. The Labute approximate surface area is 137 Å². The van der Waals surface area contributed by atoms with Crippen LogP contribution < -0.4 is 10.3 Å². The van der Waals surface area contributed by atoms with Crippen molar-refractivity contribution in [2.75, 3.05) is 7.11 Å². The Morgan fingerprint density at radius 3 is 2.71 bits per heavy atom. The topological polar surface area (TPSA) is 98.6 Å². The molecule has 2 aromatic heterocycles. The molecule has 2 heterocycles. The molecule has 0 spiro atoms. The molecular formula is C16H16N4O4. The first-order chi connectivity index (χ1) is 11.6. The second kappa shape index (κ2) is 6.53. The maximum atomic E-state index is 12.5.